The summed E-state index contributed by atoms with van der Waals surface area (Å²) in [5, 5.41) is 17.8. The molecule has 1 aliphatic carbocycles. The second-order valence-electron chi connectivity index (χ2n) is 3.63. The lowest BCUT2D eigenvalue weighted by atomic mass is 10.1. The van der Waals surface area contributed by atoms with Gasteiger partial charge in [0.05, 0.1) is 6.10 Å². The predicted molar refractivity (Wildman–Crippen MR) is 52.7 cm³/mol. The number of carboxylic acid groups (broad SMARTS) is 1. The van der Waals surface area contributed by atoms with Crippen LogP contribution in [0.15, 0.2) is 24.3 Å². The van der Waals surface area contributed by atoms with Gasteiger partial charge in [-0.3, -0.25) is 0 Å². The van der Waals surface area contributed by atoms with Gasteiger partial charge >= 0.3 is 5.97 Å². The van der Waals surface area contributed by atoms with Gasteiger partial charge in [0.2, 0.25) is 0 Å². The van der Waals surface area contributed by atoms with Crippen molar-refractivity contribution in [1.29, 1.82) is 0 Å². The van der Waals surface area contributed by atoms with Crippen LogP contribution in [0.3, 0.4) is 0 Å². The van der Waals surface area contributed by atoms with Crippen LogP contribution in [0.2, 0.25) is 0 Å². The molecule has 4 heteroatoms. The van der Waals surface area contributed by atoms with Gasteiger partial charge < -0.3 is 14.9 Å². The number of aliphatic carboxylic acids is 1. The molecule has 0 heterocycles. The van der Waals surface area contributed by atoms with Gasteiger partial charge in [-0.2, -0.15) is 0 Å². The zero-order valence-electron chi connectivity index (χ0n) is 8.09. The van der Waals surface area contributed by atoms with Crippen molar-refractivity contribution < 1.29 is 19.7 Å². The molecular formula is C11H12O4. The van der Waals surface area contributed by atoms with Crippen LogP contribution in [0.1, 0.15) is 24.5 Å². The average Bonchev–Trinajstić information content (AvgIpc) is 3.02. The Labute approximate surface area is 87.1 Å². The molecule has 0 radical (unpaired) electrons. The highest BCUT2D eigenvalue weighted by molar-refractivity contribution is 5.74. The monoisotopic (exact) mass is 208 g/mol. The third kappa shape index (κ3) is 2.47. The molecule has 1 atom stereocenters. The van der Waals surface area contributed by atoms with E-state index in [4.69, 9.17) is 9.84 Å². The van der Waals surface area contributed by atoms with E-state index in [1.54, 1.807) is 24.3 Å². The van der Waals surface area contributed by atoms with E-state index in [1.165, 1.54) is 0 Å². The van der Waals surface area contributed by atoms with E-state index in [9.17, 15) is 9.90 Å². The summed E-state index contributed by atoms with van der Waals surface area (Å²) in [6, 6.07) is 6.49. The first-order valence-corrected chi connectivity index (χ1v) is 4.84. The van der Waals surface area contributed by atoms with Crippen LogP contribution in [0, 0.1) is 0 Å². The number of ether oxygens (including phenoxy) is 1. The molecule has 15 heavy (non-hydrogen) atoms. The summed E-state index contributed by atoms with van der Waals surface area (Å²) in [6.07, 6.45) is 1.03. The zero-order valence-corrected chi connectivity index (χ0v) is 8.09. The first-order chi connectivity index (χ1) is 7.16. The van der Waals surface area contributed by atoms with Crippen LogP contribution in [-0.4, -0.2) is 22.3 Å². The molecule has 1 aromatic rings. The molecule has 0 aromatic heterocycles. The van der Waals surface area contributed by atoms with Gasteiger partial charge in [0.1, 0.15) is 5.75 Å². The number of aliphatic hydroxyl groups is 1. The van der Waals surface area contributed by atoms with Crippen molar-refractivity contribution in [2.45, 2.75) is 25.0 Å². The smallest absolute Gasteiger partial charge is 0.337 e. The normalized spacial score (nSPS) is 17.1. The summed E-state index contributed by atoms with van der Waals surface area (Å²) in [7, 11) is 0. The van der Waals surface area contributed by atoms with Crippen LogP contribution in [0.25, 0.3) is 0 Å². The molecule has 1 aliphatic rings. The Balaban J connectivity index is 2.05. The molecule has 2 rings (SSSR count). The van der Waals surface area contributed by atoms with Crippen LogP contribution in [0.5, 0.6) is 5.75 Å². The lowest BCUT2D eigenvalue weighted by Crippen LogP contribution is -2.10. The molecular weight excluding hydrogens is 196 g/mol. The fourth-order valence-corrected chi connectivity index (χ4v) is 1.25. The maximum atomic E-state index is 10.5. The highest BCUT2D eigenvalue weighted by atomic mass is 16.5. The van der Waals surface area contributed by atoms with E-state index in [0.717, 1.165) is 18.6 Å². The maximum absolute atomic E-state index is 10.5. The van der Waals surface area contributed by atoms with E-state index in [2.05, 4.69) is 0 Å². The Kier molecular flexibility index (Phi) is 2.60. The third-order valence-electron chi connectivity index (χ3n) is 2.26. The molecule has 0 amide bonds. The summed E-state index contributed by atoms with van der Waals surface area (Å²) in [4.78, 5) is 10.5. The molecule has 1 aromatic carbocycles. The van der Waals surface area contributed by atoms with Crippen molar-refractivity contribution >= 4 is 5.97 Å². The average molecular weight is 208 g/mol. The fourth-order valence-electron chi connectivity index (χ4n) is 1.25. The summed E-state index contributed by atoms with van der Waals surface area (Å²) >= 11 is 0. The summed E-state index contributed by atoms with van der Waals surface area (Å²) in [5.74, 6) is -0.523. The van der Waals surface area contributed by atoms with Crippen molar-refractivity contribution in [3.63, 3.8) is 0 Å². The third-order valence-corrected chi connectivity index (χ3v) is 2.26. The minimum Gasteiger partial charge on any atom is -0.490 e. The second kappa shape index (κ2) is 3.90. The summed E-state index contributed by atoms with van der Waals surface area (Å²) < 4.78 is 5.49. The molecule has 0 bridgehead atoms. The second-order valence-corrected chi connectivity index (χ2v) is 3.63. The molecule has 1 unspecified atom stereocenters. The largest absolute Gasteiger partial charge is 0.490 e. The van der Waals surface area contributed by atoms with Crippen LogP contribution in [0.4, 0.5) is 0 Å². The SMILES string of the molecule is O=C(O)C(O)c1ccc(OC2CC2)cc1. The molecule has 0 spiro atoms. The number of rotatable bonds is 4. The van der Waals surface area contributed by atoms with E-state index < -0.39 is 12.1 Å². The van der Waals surface area contributed by atoms with Crippen molar-refractivity contribution in [2.24, 2.45) is 0 Å². The van der Waals surface area contributed by atoms with Gasteiger partial charge in [0.15, 0.2) is 6.10 Å². The van der Waals surface area contributed by atoms with E-state index in [0.29, 0.717) is 11.7 Å². The molecule has 1 fully saturated rings. The minimum atomic E-state index is -1.46. The molecule has 2 N–H and O–H groups in total. The first-order valence-electron chi connectivity index (χ1n) is 4.84. The Hall–Kier alpha value is -1.55. The van der Waals surface area contributed by atoms with Gasteiger partial charge in [0, 0.05) is 0 Å². The van der Waals surface area contributed by atoms with E-state index >= 15 is 0 Å². The number of hydrogen-bond acceptors (Lipinski definition) is 3. The Morgan fingerprint density at radius 2 is 1.93 bits per heavy atom. The molecule has 4 nitrogen and oxygen atoms in total. The van der Waals surface area contributed by atoms with Gasteiger partial charge in [-0.1, -0.05) is 12.1 Å². The lowest BCUT2D eigenvalue weighted by Gasteiger charge is -2.07. The maximum Gasteiger partial charge on any atom is 0.337 e. The number of benzene rings is 1. The summed E-state index contributed by atoms with van der Waals surface area (Å²) in [5.41, 5.74) is 0.366. The van der Waals surface area contributed by atoms with Crippen LogP contribution in [-0.2, 0) is 4.79 Å². The zero-order chi connectivity index (χ0) is 10.8. The van der Waals surface area contributed by atoms with Gasteiger partial charge in [-0.15, -0.1) is 0 Å². The van der Waals surface area contributed by atoms with Crippen molar-refractivity contribution in [3.05, 3.63) is 29.8 Å². The minimum absolute atomic E-state index is 0.320. The van der Waals surface area contributed by atoms with Crippen molar-refractivity contribution in [1.82, 2.24) is 0 Å². The van der Waals surface area contributed by atoms with Crippen molar-refractivity contribution in [2.75, 3.05) is 0 Å². The van der Waals surface area contributed by atoms with Gasteiger partial charge in [-0.25, -0.2) is 4.79 Å². The molecule has 0 aliphatic heterocycles. The van der Waals surface area contributed by atoms with Gasteiger partial charge in [-0.05, 0) is 30.5 Å². The molecule has 1 saturated carbocycles. The Morgan fingerprint density at radius 1 is 1.33 bits per heavy atom. The van der Waals surface area contributed by atoms with Crippen LogP contribution < -0.4 is 4.74 Å². The molecule has 0 saturated heterocycles. The standard InChI is InChI=1S/C11H12O4/c12-10(11(13)14)7-1-3-8(4-2-7)15-9-5-6-9/h1-4,9-10,12H,5-6H2,(H,13,14). The summed E-state index contributed by atoms with van der Waals surface area (Å²) in [6.45, 7) is 0. The Morgan fingerprint density at radius 3 is 2.40 bits per heavy atom. The predicted octanol–water partition coefficient (Wildman–Crippen LogP) is 1.35. The number of aliphatic hydroxyl groups excluding tert-OH is 1. The van der Waals surface area contributed by atoms with E-state index in [-0.39, 0.29) is 0 Å². The van der Waals surface area contributed by atoms with Crippen LogP contribution >= 0.6 is 0 Å². The number of carboxylic acids is 1. The molecule has 80 valence electrons. The lowest BCUT2D eigenvalue weighted by molar-refractivity contribution is -0.146. The van der Waals surface area contributed by atoms with Gasteiger partial charge in [0.25, 0.3) is 0 Å². The fraction of sp³-hybridized carbons (Fsp3) is 0.364. The van der Waals surface area contributed by atoms with Crippen molar-refractivity contribution in [3.8, 4) is 5.75 Å². The number of hydrogen-bond donors (Lipinski definition) is 2. The highest BCUT2D eigenvalue weighted by Crippen LogP contribution is 2.27. The van der Waals surface area contributed by atoms with E-state index in [1.807, 2.05) is 0 Å². The topological polar surface area (TPSA) is 66.8 Å². The first kappa shape index (κ1) is 9.98. The quantitative estimate of drug-likeness (QED) is 0.783. The Bertz CT molecular complexity index is 353. The highest BCUT2D eigenvalue weighted by Gasteiger charge is 2.23. The number of carbonyl (C=O) groups is 1.